The van der Waals surface area contributed by atoms with Gasteiger partial charge in [-0.05, 0) is 43.7 Å². The molecule has 3 rings (SSSR count). The summed E-state index contributed by atoms with van der Waals surface area (Å²) in [6.45, 7) is 0.812. The van der Waals surface area contributed by atoms with Crippen molar-refractivity contribution in [1.82, 2.24) is 9.88 Å². The van der Waals surface area contributed by atoms with Crippen LogP contribution in [-0.2, 0) is 0 Å². The van der Waals surface area contributed by atoms with Crippen molar-refractivity contribution < 1.29 is 4.79 Å². The molecule has 1 saturated carbocycles. The zero-order chi connectivity index (χ0) is 13.4. The van der Waals surface area contributed by atoms with Gasteiger partial charge in [0, 0.05) is 12.6 Å². The Bertz CT molecular complexity index is 505. The van der Waals surface area contributed by atoms with Crippen LogP contribution < -0.4 is 5.73 Å². The highest BCUT2D eigenvalue weighted by Crippen LogP contribution is 2.37. The second-order valence-corrected chi connectivity index (χ2v) is 5.87. The number of carbonyl (C=O) groups is 1. The maximum Gasteiger partial charge on any atom is 0.274 e. The lowest BCUT2D eigenvalue weighted by Crippen LogP contribution is -2.46. The standard InChI is InChI=1S/C14H18ClN3O/c15-10-6-7-12(16)17-13(10)14(19)18-8-2-4-9-3-1-5-11(9)18/h6-7,9,11H,1-5,8H2,(H2,16,17). The van der Waals surface area contributed by atoms with Crippen molar-refractivity contribution in [3.8, 4) is 0 Å². The lowest BCUT2D eigenvalue weighted by atomic mass is 9.91. The fraction of sp³-hybridized carbons (Fsp3) is 0.571. The van der Waals surface area contributed by atoms with Gasteiger partial charge in [0.25, 0.3) is 5.91 Å². The van der Waals surface area contributed by atoms with Crippen LogP contribution in [0.3, 0.4) is 0 Å². The fourth-order valence-corrected chi connectivity index (χ4v) is 3.64. The number of hydrogen-bond acceptors (Lipinski definition) is 3. The van der Waals surface area contributed by atoms with E-state index in [0.29, 0.717) is 28.5 Å². The molecule has 2 unspecified atom stereocenters. The molecule has 2 N–H and O–H groups in total. The average Bonchev–Trinajstić information content (AvgIpc) is 2.89. The molecule has 5 heteroatoms. The van der Waals surface area contributed by atoms with E-state index in [4.69, 9.17) is 17.3 Å². The number of likely N-dealkylation sites (tertiary alicyclic amines) is 1. The van der Waals surface area contributed by atoms with Gasteiger partial charge in [0.2, 0.25) is 0 Å². The Balaban J connectivity index is 1.88. The number of nitrogens with zero attached hydrogens (tertiary/aromatic N) is 2. The molecule has 1 saturated heterocycles. The van der Waals surface area contributed by atoms with E-state index in [0.717, 1.165) is 19.4 Å². The predicted molar refractivity (Wildman–Crippen MR) is 75.1 cm³/mol. The summed E-state index contributed by atoms with van der Waals surface area (Å²) in [4.78, 5) is 18.7. The average molecular weight is 280 g/mol. The monoisotopic (exact) mass is 279 g/mol. The van der Waals surface area contributed by atoms with Crippen LogP contribution in [0.4, 0.5) is 5.82 Å². The summed E-state index contributed by atoms with van der Waals surface area (Å²) in [5.74, 6) is 0.944. The minimum absolute atomic E-state index is 0.0612. The van der Waals surface area contributed by atoms with Gasteiger partial charge in [-0.25, -0.2) is 4.98 Å². The second-order valence-electron chi connectivity index (χ2n) is 5.47. The summed E-state index contributed by atoms with van der Waals surface area (Å²) in [7, 11) is 0. The van der Waals surface area contributed by atoms with Crippen LogP contribution in [-0.4, -0.2) is 28.4 Å². The smallest absolute Gasteiger partial charge is 0.274 e. The largest absolute Gasteiger partial charge is 0.384 e. The molecule has 1 amide bonds. The first-order valence-electron chi connectivity index (χ1n) is 6.90. The molecule has 0 aromatic carbocycles. The zero-order valence-corrected chi connectivity index (χ0v) is 11.6. The highest BCUT2D eigenvalue weighted by molar-refractivity contribution is 6.33. The summed E-state index contributed by atoms with van der Waals surface area (Å²) in [6.07, 6.45) is 5.89. The van der Waals surface area contributed by atoms with E-state index in [2.05, 4.69) is 4.98 Å². The topological polar surface area (TPSA) is 59.2 Å². The molecule has 19 heavy (non-hydrogen) atoms. The minimum Gasteiger partial charge on any atom is -0.384 e. The van der Waals surface area contributed by atoms with Gasteiger partial charge in [-0.3, -0.25) is 4.79 Å². The minimum atomic E-state index is -0.0612. The molecule has 1 aromatic heterocycles. The molecule has 2 fully saturated rings. The summed E-state index contributed by atoms with van der Waals surface area (Å²) < 4.78 is 0. The number of rotatable bonds is 1. The Morgan fingerprint density at radius 3 is 2.95 bits per heavy atom. The first-order chi connectivity index (χ1) is 9.16. The number of anilines is 1. The number of fused-ring (bicyclic) bond motifs is 1. The fourth-order valence-electron chi connectivity index (χ4n) is 3.45. The van der Waals surface area contributed by atoms with Gasteiger partial charge in [0.05, 0.1) is 5.02 Å². The van der Waals surface area contributed by atoms with Gasteiger partial charge in [0.1, 0.15) is 11.5 Å². The Kier molecular flexibility index (Phi) is 3.35. The molecule has 1 aliphatic heterocycles. The van der Waals surface area contributed by atoms with Gasteiger partial charge >= 0.3 is 0 Å². The van der Waals surface area contributed by atoms with E-state index in [-0.39, 0.29) is 5.91 Å². The van der Waals surface area contributed by atoms with E-state index in [9.17, 15) is 4.79 Å². The molecule has 0 spiro atoms. The lowest BCUT2D eigenvalue weighted by Gasteiger charge is -2.37. The van der Waals surface area contributed by atoms with E-state index in [1.165, 1.54) is 19.3 Å². The van der Waals surface area contributed by atoms with Gasteiger partial charge in [-0.15, -0.1) is 0 Å². The number of amides is 1. The van der Waals surface area contributed by atoms with Crippen molar-refractivity contribution in [3.05, 3.63) is 22.8 Å². The second kappa shape index (κ2) is 5.00. The summed E-state index contributed by atoms with van der Waals surface area (Å²) in [5.41, 5.74) is 5.96. The maximum absolute atomic E-state index is 12.6. The van der Waals surface area contributed by atoms with Crippen molar-refractivity contribution in [2.45, 2.75) is 38.1 Å². The number of aromatic nitrogens is 1. The van der Waals surface area contributed by atoms with Gasteiger partial charge in [0.15, 0.2) is 0 Å². The van der Waals surface area contributed by atoms with Gasteiger partial charge in [-0.1, -0.05) is 18.0 Å². The van der Waals surface area contributed by atoms with Crippen molar-refractivity contribution >= 4 is 23.3 Å². The third kappa shape index (κ3) is 2.29. The molecule has 4 nitrogen and oxygen atoms in total. The Hall–Kier alpha value is -1.29. The molecular weight excluding hydrogens is 262 g/mol. The number of hydrogen-bond donors (Lipinski definition) is 1. The predicted octanol–water partition coefficient (Wildman–Crippen LogP) is 2.72. The van der Waals surface area contributed by atoms with Crippen molar-refractivity contribution in [1.29, 1.82) is 0 Å². The molecular formula is C14H18ClN3O. The van der Waals surface area contributed by atoms with Gasteiger partial charge < -0.3 is 10.6 Å². The maximum atomic E-state index is 12.6. The Labute approximate surface area is 117 Å². The van der Waals surface area contributed by atoms with E-state index in [1.807, 2.05) is 4.90 Å². The number of nitrogens with two attached hydrogens (primary N) is 1. The highest BCUT2D eigenvalue weighted by Gasteiger charge is 2.38. The normalized spacial score (nSPS) is 26.3. The summed E-state index contributed by atoms with van der Waals surface area (Å²) >= 11 is 6.09. The molecule has 0 bridgehead atoms. The van der Waals surface area contributed by atoms with Crippen LogP contribution in [0.1, 0.15) is 42.6 Å². The molecule has 2 atom stereocenters. The number of piperidine rings is 1. The van der Waals surface area contributed by atoms with Crippen molar-refractivity contribution in [2.24, 2.45) is 5.92 Å². The lowest BCUT2D eigenvalue weighted by molar-refractivity contribution is 0.0542. The molecule has 0 radical (unpaired) electrons. The SMILES string of the molecule is Nc1ccc(Cl)c(C(=O)N2CCCC3CCCC32)n1. The molecule has 102 valence electrons. The van der Waals surface area contributed by atoms with Crippen LogP contribution in [0.25, 0.3) is 0 Å². The molecule has 2 aliphatic rings. The first kappa shape index (κ1) is 12.7. The zero-order valence-electron chi connectivity index (χ0n) is 10.8. The number of nitrogen functional groups attached to an aromatic ring is 1. The third-order valence-corrected chi connectivity index (χ3v) is 4.63. The van der Waals surface area contributed by atoms with Crippen LogP contribution in [0.2, 0.25) is 5.02 Å². The molecule has 1 aromatic rings. The Morgan fingerprint density at radius 1 is 1.32 bits per heavy atom. The van der Waals surface area contributed by atoms with Crippen molar-refractivity contribution in [3.63, 3.8) is 0 Å². The summed E-state index contributed by atoms with van der Waals surface area (Å²) in [6, 6.07) is 3.64. The number of carbonyl (C=O) groups excluding carboxylic acids is 1. The van der Waals surface area contributed by atoms with Crippen LogP contribution in [0, 0.1) is 5.92 Å². The number of pyridine rings is 1. The Morgan fingerprint density at radius 2 is 2.11 bits per heavy atom. The van der Waals surface area contributed by atoms with Crippen LogP contribution >= 0.6 is 11.6 Å². The first-order valence-corrected chi connectivity index (χ1v) is 7.27. The van der Waals surface area contributed by atoms with Crippen LogP contribution in [0.5, 0.6) is 0 Å². The summed E-state index contributed by atoms with van der Waals surface area (Å²) in [5, 5.41) is 0.388. The van der Waals surface area contributed by atoms with Crippen LogP contribution in [0.15, 0.2) is 12.1 Å². The highest BCUT2D eigenvalue weighted by atomic mass is 35.5. The van der Waals surface area contributed by atoms with E-state index >= 15 is 0 Å². The van der Waals surface area contributed by atoms with E-state index in [1.54, 1.807) is 12.1 Å². The quantitative estimate of drug-likeness (QED) is 0.860. The van der Waals surface area contributed by atoms with Gasteiger partial charge in [-0.2, -0.15) is 0 Å². The molecule has 1 aliphatic carbocycles. The third-order valence-electron chi connectivity index (χ3n) is 4.32. The van der Waals surface area contributed by atoms with Crippen molar-refractivity contribution in [2.75, 3.05) is 12.3 Å². The number of halogens is 1. The molecule has 2 heterocycles. The van der Waals surface area contributed by atoms with E-state index < -0.39 is 0 Å².